The van der Waals surface area contributed by atoms with Crippen LogP contribution in [0.2, 0.25) is 0 Å². The number of nitrogens with zero attached hydrogens (tertiary/aromatic N) is 1. The average molecular weight is 474 g/mol. The van der Waals surface area contributed by atoms with Gasteiger partial charge in [-0.25, -0.2) is 4.79 Å². The van der Waals surface area contributed by atoms with Crippen LogP contribution in [0.5, 0.6) is 11.5 Å². The van der Waals surface area contributed by atoms with E-state index in [1.54, 1.807) is 12.1 Å². The normalized spacial score (nSPS) is 14.7. The van der Waals surface area contributed by atoms with E-state index < -0.39 is 11.9 Å². The molecule has 3 rings (SSSR count). The summed E-state index contributed by atoms with van der Waals surface area (Å²) in [6.45, 7) is 1.75. The highest BCUT2D eigenvalue weighted by molar-refractivity contribution is 9.10. The molecule has 4 amide bonds. The molecule has 0 bridgehead atoms. The van der Waals surface area contributed by atoms with E-state index in [9.17, 15) is 14.4 Å². The Labute approximate surface area is 182 Å². The smallest absolute Gasteiger partial charge is 0.328 e. The third kappa shape index (κ3) is 4.80. The lowest BCUT2D eigenvalue weighted by molar-refractivity contribution is -0.122. The van der Waals surface area contributed by atoms with Crippen LogP contribution in [0.1, 0.15) is 11.1 Å². The molecule has 0 radical (unpaired) electrons. The Hall–Kier alpha value is -3.33. The van der Waals surface area contributed by atoms with E-state index in [0.29, 0.717) is 27.2 Å². The summed E-state index contributed by atoms with van der Waals surface area (Å²) >= 11 is 3.40. The molecule has 1 fully saturated rings. The molecule has 9 heteroatoms. The molecule has 1 aliphatic heterocycles. The van der Waals surface area contributed by atoms with Crippen molar-refractivity contribution in [3.05, 3.63) is 57.7 Å². The van der Waals surface area contributed by atoms with Crippen LogP contribution in [0, 0.1) is 6.92 Å². The first-order chi connectivity index (χ1) is 14.3. The number of imide groups is 1. The van der Waals surface area contributed by atoms with E-state index >= 15 is 0 Å². The van der Waals surface area contributed by atoms with Gasteiger partial charge in [-0.3, -0.25) is 14.5 Å². The van der Waals surface area contributed by atoms with Gasteiger partial charge < -0.3 is 20.1 Å². The topological polar surface area (TPSA) is 97.0 Å². The molecule has 1 saturated heterocycles. The molecular weight excluding hydrogens is 454 g/mol. The fourth-order valence-corrected chi connectivity index (χ4v) is 3.30. The quantitative estimate of drug-likeness (QED) is 0.495. The van der Waals surface area contributed by atoms with Crippen LogP contribution in [-0.2, 0) is 9.59 Å². The van der Waals surface area contributed by atoms with Crippen LogP contribution >= 0.6 is 15.9 Å². The first-order valence-corrected chi connectivity index (χ1v) is 9.75. The van der Waals surface area contributed by atoms with Crippen LogP contribution in [0.25, 0.3) is 6.08 Å². The minimum atomic E-state index is -0.489. The molecule has 0 aromatic heterocycles. The molecule has 0 atom stereocenters. The SMILES string of the molecule is COc1cc(/C=C2/NC(=O)N(C)C2=O)cc(Br)c1OCC(=O)Nc1ccc(C)cc1. The number of urea groups is 1. The van der Waals surface area contributed by atoms with E-state index in [0.717, 1.165) is 10.5 Å². The lowest BCUT2D eigenvalue weighted by Gasteiger charge is -2.14. The Morgan fingerprint density at radius 2 is 1.93 bits per heavy atom. The molecule has 156 valence electrons. The zero-order valence-electron chi connectivity index (χ0n) is 16.6. The fourth-order valence-electron chi connectivity index (χ4n) is 2.72. The number of carbonyl (C=O) groups excluding carboxylic acids is 3. The first-order valence-electron chi connectivity index (χ1n) is 8.96. The third-order valence-corrected chi connectivity index (χ3v) is 4.92. The number of anilines is 1. The number of ether oxygens (including phenoxy) is 2. The number of benzene rings is 2. The standard InChI is InChI=1S/C21H20BrN3O5/c1-12-4-6-14(7-5-12)23-18(26)11-30-19-15(22)8-13(10-17(19)29-3)9-16-20(27)25(2)21(28)24-16/h4-10H,11H2,1-3H3,(H,23,26)(H,24,28)/b16-9+. The van der Waals surface area contributed by atoms with Crippen molar-refractivity contribution in [2.75, 3.05) is 26.1 Å². The summed E-state index contributed by atoms with van der Waals surface area (Å²) in [7, 11) is 2.86. The third-order valence-electron chi connectivity index (χ3n) is 4.33. The average Bonchev–Trinajstić information content (AvgIpc) is 2.95. The van der Waals surface area contributed by atoms with Crippen molar-refractivity contribution in [1.82, 2.24) is 10.2 Å². The number of hydrogen-bond acceptors (Lipinski definition) is 5. The maximum absolute atomic E-state index is 12.2. The van der Waals surface area contributed by atoms with Gasteiger partial charge in [0.15, 0.2) is 18.1 Å². The number of hydrogen-bond donors (Lipinski definition) is 2. The lowest BCUT2D eigenvalue weighted by Crippen LogP contribution is -2.25. The number of nitrogens with one attached hydrogen (secondary N) is 2. The predicted molar refractivity (Wildman–Crippen MR) is 115 cm³/mol. The number of halogens is 1. The van der Waals surface area contributed by atoms with Crippen molar-refractivity contribution >= 4 is 45.5 Å². The predicted octanol–water partition coefficient (Wildman–Crippen LogP) is 3.31. The maximum Gasteiger partial charge on any atom is 0.328 e. The Kier molecular flexibility index (Phi) is 6.41. The van der Waals surface area contributed by atoms with Crippen LogP contribution in [0.15, 0.2) is 46.6 Å². The molecule has 1 aliphatic rings. The van der Waals surface area contributed by atoms with Gasteiger partial charge in [-0.2, -0.15) is 0 Å². The van der Waals surface area contributed by atoms with Crippen LogP contribution in [0.3, 0.4) is 0 Å². The fraction of sp³-hybridized carbons (Fsp3) is 0.190. The molecule has 1 heterocycles. The molecule has 30 heavy (non-hydrogen) atoms. The van der Waals surface area contributed by atoms with Gasteiger partial charge in [0.1, 0.15) is 5.70 Å². The summed E-state index contributed by atoms with van der Waals surface area (Å²) in [4.78, 5) is 36.8. The molecule has 0 unspecified atom stereocenters. The molecule has 2 aromatic carbocycles. The summed E-state index contributed by atoms with van der Waals surface area (Å²) in [5.74, 6) is -0.0356. The van der Waals surface area contributed by atoms with Crippen LogP contribution in [0.4, 0.5) is 10.5 Å². The van der Waals surface area contributed by atoms with Gasteiger partial charge in [0.05, 0.1) is 11.6 Å². The van der Waals surface area contributed by atoms with Gasteiger partial charge in [-0.15, -0.1) is 0 Å². The van der Waals surface area contributed by atoms with E-state index in [1.807, 2.05) is 31.2 Å². The zero-order valence-corrected chi connectivity index (χ0v) is 18.2. The Morgan fingerprint density at radius 1 is 1.23 bits per heavy atom. The van der Waals surface area contributed by atoms with Crippen molar-refractivity contribution in [1.29, 1.82) is 0 Å². The summed E-state index contributed by atoms with van der Waals surface area (Å²) in [6.07, 6.45) is 1.53. The first kappa shape index (κ1) is 21.4. The number of aryl methyl sites for hydroxylation is 1. The summed E-state index contributed by atoms with van der Waals surface area (Å²) < 4.78 is 11.5. The summed E-state index contributed by atoms with van der Waals surface area (Å²) in [6, 6.07) is 10.3. The maximum atomic E-state index is 12.2. The van der Waals surface area contributed by atoms with Gasteiger partial charge >= 0.3 is 6.03 Å². The number of rotatable bonds is 6. The highest BCUT2D eigenvalue weighted by atomic mass is 79.9. The zero-order chi connectivity index (χ0) is 21.8. The minimum absolute atomic E-state index is 0.155. The Morgan fingerprint density at radius 3 is 2.53 bits per heavy atom. The minimum Gasteiger partial charge on any atom is -0.493 e. The largest absolute Gasteiger partial charge is 0.493 e. The molecular formula is C21H20BrN3O5. The second-order valence-corrected chi connectivity index (χ2v) is 7.44. The molecule has 8 nitrogen and oxygen atoms in total. The number of amides is 4. The van der Waals surface area contributed by atoms with Crippen molar-refractivity contribution < 1.29 is 23.9 Å². The van der Waals surface area contributed by atoms with Gasteiger partial charge in [0, 0.05) is 12.7 Å². The second kappa shape index (κ2) is 9.00. The van der Waals surface area contributed by atoms with E-state index in [-0.39, 0.29) is 18.2 Å². The molecule has 0 saturated carbocycles. The van der Waals surface area contributed by atoms with Crippen molar-refractivity contribution in [3.8, 4) is 11.5 Å². The molecule has 2 N–H and O–H groups in total. The summed E-state index contributed by atoms with van der Waals surface area (Å²) in [5.41, 5.74) is 2.53. The monoisotopic (exact) mass is 473 g/mol. The van der Waals surface area contributed by atoms with Crippen molar-refractivity contribution in [2.45, 2.75) is 6.92 Å². The Bertz CT molecular complexity index is 1030. The van der Waals surface area contributed by atoms with Crippen LogP contribution < -0.4 is 20.1 Å². The lowest BCUT2D eigenvalue weighted by atomic mass is 10.1. The Balaban J connectivity index is 1.73. The van der Waals surface area contributed by atoms with Gasteiger partial charge in [0.2, 0.25) is 0 Å². The highest BCUT2D eigenvalue weighted by Gasteiger charge is 2.30. The second-order valence-electron chi connectivity index (χ2n) is 6.59. The molecule has 0 spiro atoms. The van der Waals surface area contributed by atoms with E-state index in [2.05, 4.69) is 26.6 Å². The molecule has 0 aliphatic carbocycles. The van der Waals surface area contributed by atoms with E-state index in [1.165, 1.54) is 20.2 Å². The van der Waals surface area contributed by atoms with Crippen molar-refractivity contribution in [3.63, 3.8) is 0 Å². The number of likely N-dealkylation sites (N-methyl/N-ethyl adjacent to an activating group) is 1. The summed E-state index contributed by atoms with van der Waals surface area (Å²) in [5, 5.41) is 5.26. The van der Waals surface area contributed by atoms with Gasteiger partial charge in [-0.05, 0) is 58.8 Å². The van der Waals surface area contributed by atoms with Crippen LogP contribution in [-0.4, -0.2) is 43.5 Å². The number of carbonyl (C=O) groups is 3. The molecule has 2 aromatic rings. The van der Waals surface area contributed by atoms with Gasteiger partial charge in [-0.1, -0.05) is 17.7 Å². The van der Waals surface area contributed by atoms with E-state index in [4.69, 9.17) is 9.47 Å². The van der Waals surface area contributed by atoms with Crippen molar-refractivity contribution in [2.24, 2.45) is 0 Å². The van der Waals surface area contributed by atoms with Gasteiger partial charge in [0.25, 0.3) is 11.8 Å². The number of methoxy groups -OCH3 is 1. The highest BCUT2D eigenvalue weighted by Crippen LogP contribution is 2.37.